The van der Waals surface area contributed by atoms with Crippen molar-refractivity contribution in [3.8, 4) is 10.6 Å². The molecule has 1 N–H and O–H groups in total. The third-order valence-corrected chi connectivity index (χ3v) is 5.90. The van der Waals surface area contributed by atoms with Crippen LogP contribution in [-0.4, -0.2) is 15.9 Å². The van der Waals surface area contributed by atoms with Gasteiger partial charge in [-0.15, -0.1) is 11.3 Å². The van der Waals surface area contributed by atoms with Gasteiger partial charge in [0.1, 0.15) is 5.01 Å². The number of amides is 1. The van der Waals surface area contributed by atoms with E-state index in [-0.39, 0.29) is 12.3 Å². The van der Waals surface area contributed by atoms with Crippen molar-refractivity contribution < 1.29 is 4.79 Å². The van der Waals surface area contributed by atoms with Crippen LogP contribution in [0, 0.1) is 6.92 Å². The number of thiazole rings is 2. The van der Waals surface area contributed by atoms with Crippen LogP contribution in [0.2, 0.25) is 5.02 Å². The zero-order valence-electron chi connectivity index (χ0n) is 13.8. The highest BCUT2D eigenvalue weighted by molar-refractivity contribution is 7.22. The van der Waals surface area contributed by atoms with Crippen LogP contribution >= 0.6 is 34.3 Å². The lowest BCUT2D eigenvalue weighted by molar-refractivity contribution is -0.115. The molecule has 1 amide bonds. The minimum absolute atomic E-state index is 0.117. The van der Waals surface area contributed by atoms with E-state index >= 15 is 0 Å². The van der Waals surface area contributed by atoms with Crippen LogP contribution < -0.4 is 5.32 Å². The molecular formula is C19H14ClN3OS2. The van der Waals surface area contributed by atoms with E-state index in [1.165, 1.54) is 28.2 Å². The summed E-state index contributed by atoms with van der Waals surface area (Å²) < 4.78 is 1.07. The van der Waals surface area contributed by atoms with Gasteiger partial charge in [-0.05, 0) is 36.8 Å². The van der Waals surface area contributed by atoms with Gasteiger partial charge in [-0.2, -0.15) is 0 Å². The summed E-state index contributed by atoms with van der Waals surface area (Å²) in [6, 6.07) is 13.6. The van der Waals surface area contributed by atoms with Crippen molar-refractivity contribution >= 4 is 55.5 Å². The van der Waals surface area contributed by atoms with Crippen LogP contribution in [0.1, 0.15) is 11.3 Å². The van der Waals surface area contributed by atoms with E-state index in [4.69, 9.17) is 11.6 Å². The third kappa shape index (κ3) is 3.77. The lowest BCUT2D eigenvalue weighted by Crippen LogP contribution is -2.14. The summed E-state index contributed by atoms with van der Waals surface area (Å²) >= 11 is 8.91. The molecule has 0 bridgehead atoms. The number of carbonyl (C=O) groups is 1. The molecule has 130 valence electrons. The van der Waals surface area contributed by atoms with Gasteiger partial charge in [0.2, 0.25) is 5.91 Å². The van der Waals surface area contributed by atoms with Crippen molar-refractivity contribution in [1.82, 2.24) is 9.97 Å². The van der Waals surface area contributed by atoms with Crippen molar-refractivity contribution in [2.24, 2.45) is 0 Å². The molecule has 2 aromatic heterocycles. The summed E-state index contributed by atoms with van der Waals surface area (Å²) in [5.74, 6) is -0.117. The highest BCUT2D eigenvalue weighted by Crippen LogP contribution is 2.28. The fourth-order valence-electron chi connectivity index (χ4n) is 2.53. The number of aromatic nitrogens is 2. The molecule has 0 unspecified atom stereocenters. The lowest BCUT2D eigenvalue weighted by atomic mass is 10.2. The van der Waals surface area contributed by atoms with Gasteiger partial charge < -0.3 is 5.32 Å². The standard InChI is InChI=1S/C19H14ClN3OS2/c1-11-2-7-15-16(8-11)26-19(22-15)23-17(24)9-14-10-25-18(21-14)12-3-5-13(20)6-4-12/h2-8,10H,9H2,1H3,(H,22,23,24). The Morgan fingerprint density at radius 1 is 1.15 bits per heavy atom. The summed E-state index contributed by atoms with van der Waals surface area (Å²) in [4.78, 5) is 21.3. The van der Waals surface area contributed by atoms with E-state index in [1.807, 2.05) is 48.7 Å². The van der Waals surface area contributed by atoms with Gasteiger partial charge in [0.25, 0.3) is 0 Å². The Labute approximate surface area is 163 Å². The van der Waals surface area contributed by atoms with Gasteiger partial charge in [-0.1, -0.05) is 41.1 Å². The first-order chi connectivity index (χ1) is 12.6. The average Bonchev–Trinajstić information content (AvgIpc) is 3.21. The van der Waals surface area contributed by atoms with Crippen molar-refractivity contribution in [1.29, 1.82) is 0 Å². The van der Waals surface area contributed by atoms with Gasteiger partial charge in [0, 0.05) is 16.0 Å². The Bertz CT molecular complexity index is 1090. The van der Waals surface area contributed by atoms with Crippen LogP contribution in [0.15, 0.2) is 47.8 Å². The number of halogens is 1. The molecule has 4 nitrogen and oxygen atoms in total. The number of fused-ring (bicyclic) bond motifs is 1. The fraction of sp³-hybridized carbons (Fsp3) is 0.105. The molecule has 0 radical (unpaired) electrons. The molecule has 0 saturated carbocycles. The highest BCUT2D eigenvalue weighted by atomic mass is 35.5. The second kappa shape index (κ2) is 7.15. The largest absolute Gasteiger partial charge is 0.302 e. The van der Waals surface area contributed by atoms with Crippen LogP contribution in [0.25, 0.3) is 20.8 Å². The molecular weight excluding hydrogens is 386 g/mol. The quantitative estimate of drug-likeness (QED) is 0.488. The molecule has 0 aliphatic heterocycles. The number of anilines is 1. The Morgan fingerprint density at radius 3 is 2.77 bits per heavy atom. The molecule has 2 heterocycles. The van der Waals surface area contributed by atoms with Crippen molar-refractivity contribution in [2.75, 3.05) is 5.32 Å². The van der Waals surface area contributed by atoms with E-state index in [0.29, 0.717) is 10.2 Å². The first-order valence-corrected chi connectivity index (χ1v) is 10.0. The summed E-state index contributed by atoms with van der Waals surface area (Å²) in [6.45, 7) is 2.04. The fourth-order valence-corrected chi connectivity index (χ4v) is 4.46. The zero-order chi connectivity index (χ0) is 18.1. The molecule has 0 saturated heterocycles. The molecule has 2 aromatic carbocycles. The van der Waals surface area contributed by atoms with E-state index < -0.39 is 0 Å². The molecule has 0 fully saturated rings. The van der Waals surface area contributed by atoms with E-state index in [2.05, 4.69) is 21.4 Å². The number of carbonyl (C=O) groups excluding carboxylic acids is 1. The summed E-state index contributed by atoms with van der Waals surface area (Å²) in [5.41, 5.74) is 3.81. The maximum absolute atomic E-state index is 12.3. The first-order valence-electron chi connectivity index (χ1n) is 7.94. The second-order valence-electron chi connectivity index (χ2n) is 5.87. The minimum atomic E-state index is -0.117. The lowest BCUT2D eigenvalue weighted by Gasteiger charge is -1.99. The summed E-state index contributed by atoms with van der Waals surface area (Å²) in [6.07, 6.45) is 0.221. The maximum Gasteiger partial charge on any atom is 0.232 e. The van der Waals surface area contributed by atoms with Gasteiger partial charge in [0.15, 0.2) is 5.13 Å². The second-order valence-corrected chi connectivity index (χ2v) is 8.19. The van der Waals surface area contributed by atoms with E-state index in [1.54, 1.807) is 0 Å². The molecule has 4 rings (SSSR count). The van der Waals surface area contributed by atoms with Gasteiger partial charge in [-0.3, -0.25) is 4.79 Å². The van der Waals surface area contributed by atoms with E-state index in [9.17, 15) is 4.79 Å². The van der Waals surface area contributed by atoms with Crippen molar-refractivity contribution in [3.05, 3.63) is 64.1 Å². The number of benzene rings is 2. The van der Waals surface area contributed by atoms with Crippen LogP contribution in [0.3, 0.4) is 0 Å². The topological polar surface area (TPSA) is 54.9 Å². The number of hydrogen-bond acceptors (Lipinski definition) is 5. The van der Waals surface area contributed by atoms with Crippen LogP contribution in [0.4, 0.5) is 5.13 Å². The molecule has 7 heteroatoms. The molecule has 26 heavy (non-hydrogen) atoms. The first kappa shape index (κ1) is 17.1. The summed E-state index contributed by atoms with van der Waals surface area (Å²) in [5, 5.41) is 6.96. The van der Waals surface area contributed by atoms with Crippen LogP contribution in [-0.2, 0) is 11.2 Å². The highest BCUT2D eigenvalue weighted by Gasteiger charge is 2.12. The molecule has 4 aromatic rings. The zero-order valence-corrected chi connectivity index (χ0v) is 16.2. The monoisotopic (exact) mass is 399 g/mol. The predicted molar refractivity (Wildman–Crippen MR) is 109 cm³/mol. The third-order valence-electron chi connectivity index (χ3n) is 3.77. The number of aryl methyl sites for hydroxylation is 1. The average molecular weight is 400 g/mol. The Balaban J connectivity index is 1.45. The maximum atomic E-state index is 12.3. The van der Waals surface area contributed by atoms with Gasteiger partial charge >= 0.3 is 0 Å². The molecule has 0 spiro atoms. The molecule has 0 aliphatic rings. The number of hydrogen-bond donors (Lipinski definition) is 1. The summed E-state index contributed by atoms with van der Waals surface area (Å²) in [7, 11) is 0. The SMILES string of the molecule is Cc1ccc2nc(NC(=O)Cc3csc(-c4ccc(Cl)cc4)n3)sc2c1. The Kier molecular flexibility index (Phi) is 4.72. The van der Waals surface area contributed by atoms with Crippen LogP contribution in [0.5, 0.6) is 0 Å². The molecule has 0 aliphatic carbocycles. The molecule has 0 atom stereocenters. The Hall–Kier alpha value is -2.28. The number of nitrogens with one attached hydrogen (secondary N) is 1. The van der Waals surface area contributed by atoms with Crippen molar-refractivity contribution in [3.63, 3.8) is 0 Å². The van der Waals surface area contributed by atoms with E-state index in [0.717, 1.165) is 26.5 Å². The normalized spacial score (nSPS) is 11.0. The number of rotatable bonds is 4. The van der Waals surface area contributed by atoms with Gasteiger partial charge in [0.05, 0.1) is 22.3 Å². The van der Waals surface area contributed by atoms with Gasteiger partial charge in [-0.25, -0.2) is 9.97 Å². The minimum Gasteiger partial charge on any atom is -0.302 e. The smallest absolute Gasteiger partial charge is 0.232 e. The Morgan fingerprint density at radius 2 is 1.96 bits per heavy atom. The number of nitrogens with zero attached hydrogens (tertiary/aromatic N) is 2. The predicted octanol–water partition coefficient (Wildman–Crippen LogP) is 5.56. The van der Waals surface area contributed by atoms with Crippen molar-refractivity contribution in [2.45, 2.75) is 13.3 Å².